The van der Waals surface area contributed by atoms with Gasteiger partial charge in [0.15, 0.2) is 5.17 Å². The first-order valence-corrected chi connectivity index (χ1v) is 13.1. The fourth-order valence-electron chi connectivity index (χ4n) is 4.21. The summed E-state index contributed by atoms with van der Waals surface area (Å²) in [6.07, 6.45) is 1.92. The number of aliphatic imine (C=N–C) groups is 1. The van der Waals surface area contributed by atoms with Crippen LogP contribution >= 0.6 is 23.4 Å². The van der Waals surface area contributed by atoms with Gasteiger partial charge in [-0.05, 0) is 97.8 Å². The maximum absolute atomic E-state index is 12.7. The Morgan fingerprint density at radius 2 is 1.76 bits per heavy atom. The van der Waals surface area contributed by atoms with Gasteiger partial charge < -0.3 is 14.6 Å². The van der Waals surface area contributed by atoms with E-state index >= 15 is 0 Å². The number of thioether (sulfide) groups is 1. The Bertz CT molecular complexity index is 1520. The van der Waals surface area contributed by atoms with E-state index in [0.717, 1.165) is 45.2 Å². The first kappa shape index (κ1) is 24.9. The average molecular weight is 528 g/mol. The van der Waals surface area contributed by atoms with Gasteiger partial charge >= 0.3 is 0 Å². The Morgan fingerprint density at radius 1 is 1.00 bits per heavy atom. The second-order valence-electron chi connectivity index (χ2n) is 8.80. The van der Waals surface area contributed by atoms with Gasteiger partial charge in [0.1, 0.15) is 12.4 Å². The van der Waals surface area contributed by atoms with Crippen LogP contribution in [0.4, 0.5) is 5.69 Å². The lowest BCUT2D eigenvalue weighted by molar-refractivity contribution is -0.115. The van der Waals surface area contributed by atoms with Gasteiger partial charge in [-0.1, -0.05) is 48.0 Å². The fourth-order valence-corrected chi connectivity index (χ4v) is 5.21. The molecule has 1 aliphatic heterocycles. The summed E-state index contributed by atoms with van der Waals surface area (Å²) in [6, 6.07) is 25.8. The Kier molecular flexibility index (Phi) is 7.22. The highest BCUT2D eigenvalue weighted by molar-refractivity contribution is 8.18. The van der Waals surface area contributed by atoms with Crippen molar-refractivity contribution in [2.24, 2.45) is 4.99 Å². The second kappa shape index (κ2) is 10.7. The third-order valence-electron chi connectivity index (χ3n) is 6.21. The first-order chi connectivity index (χ1) is 17.9. The van der Waals surface area contributed by atoms with Gasteiger partial charge in [-0.25, -0.2) is 4.99 Å². The Morgan fingerprint density at radius 3 is 2.51 bits per heavy atom. The van der Waals surface area contributed by atoms with Gasteiger partial charge in [0.05, 0.1) is 10.6 Å². The van der Waals surface area contributed by atoms with E-state index in [-0.39, 0.29) is 5.91 Å². The number of amidine groups is 1. The number of nitrogens with one attached hydrogen (secondary N) is 1. The van der Waals surface area contributed by atoms with E-state index in [1.54, 1.807) is 0 Å². The van der Waals surface area contributed by atoms with Crippen LogP contribution in [0.5, 0.6) is 5.75 Å². The van der Waals surface area contributed by atoms with Crippen LogP contribution in [-0.4, -0.2) is 15.6 Å². The van der Waals surface area contributed by atoms with Crippen molar-refractivity contribution in [1.82, 2.24) is 9.88 Å². The molecule has 0 spiro atoms. The van der Waals surface area contributed by atoms with Crippen molar-refractivity contribution in [1.29, 1.82) is 0 Å². The molecule has 5 nitrogen and oxygen atoms in total. The number of ether oxygens (including phenoxy) is 1. The van der Waals surface area contributed by atoms with Gasteiger partial charge in [0.2, 0.25) is 0 Å². The summed E-state index contributed by atoms with van der Waals surface area (Å²) in [6.45, 7) is 6.56. The number of aryl methyl sites for hydroxylation is 1. The summed E-state index contributed by atoms with van der Waals surface area (Å²) in [5.74, 6) is 0.659. The number of amides is 1. The molecule has 5 rings (SSSR count). The molecule has 0 atom stereocenters. The maximum atomic E-state index is 12.7. The highest BCUT2D eigenvalue weighted by Crippen LogP contribution is 2.32. The van der Waals surface area contributed by atoms with Gasteiger partial charge in [-0.15, -0.1) is 0 Å². The van der Waals surface area contributed by atoms with Crippen LogP contribution in [0.3, 0.4) is 0 Å². The lowest BCUT2D eigenvalue weighted by Gasteiger charge is -2.11. The van der Waals surface area contributed by atoms with Crippen LogP contribution < -0.4 is 10.1 Å². The zero-order chi connectivity index (χ0) is 25.9. The molecule has 0 unspecified atom stereocenters. The standard InChI is InChI=1S/C30H26ClN3O2S/c1-19-16-23(17-28-29(35)33-30(37-28)32-27-11-7-10-26(31)20(27)2)21(3)34(19)24-12-14-25(15-13-24)36-18-22-8-5-4-6-9-22/h4-17H,18H2,1-3H3,(H,32,33,35)/b28-17+. The van der Waals surface area contributed by atoms with E-state index < -0.39 is 0 Å². The predicted octanol–water partition coefficient (Wildman–Crippen LogP) is 7.53. The van der Waals surface area contributed by atoms with Crippen LogP contribution in [0.25, 0.3) is 11.8 Å². The molecule has 1 saturated heterocycles. The van der Waals surface area contributed by atoms with Crippen molar-refractivity contribution in [2.75, 3.05) is 0 Å². The van der Waals surface area contributed by atoms with Crippen molar-refractivity contribution in [3.05, 3.63) is 117 Å². The maximum Gasteiger partial charge on any atom is 0.264 e. The minimum atomic E-state index is -0.159. The summed E-state index contributed by atoms with van der Waals surface area (Å²) in [5, 5.41) is 4.06. The number of carbonyl (C=O) groups is 1. The molecule has 0 bridgehead atoms. The van der Waals surface area contributed by atoms with E-state index in [4.69, 9.17) is 16.3 Å². The van der Waals surface area contributed by atoms with Crippen molar-refractivity contribution in [2.45, 2.75) is 27.4 Å². The minimum Gasteiger partial charge on any atom is -0.489 e. The van der Waals surface area contributed by atoms with Gasteiger partial charge in [0.25, 0.3) is 5.91 Å². The first-order valence-electron chi connectivity index (χ1n) is 11.9. The Balaban J connectivity index is 1.34. The molecule has 0 radical (unpaired) electrons. The molecule has 186 valence electrons. The van der Waals surface area contributed by atoms with Crippen molar-refractivity contribution in [3.63, 3.8) is 0 Å². The summed E-state index contributed by atoms with van der Waals surface area (Å²) < 4.78 is 8.11. The van der Waals surface area contributed by atoms with Gasteiger partial charge in [-0.2, -0.15) is 0 Å². The van der Waals surface area contributed by atoms with E-state index in [2.05, 4.69) is 34.8 Å². The third kappa shape index (κ3) is 5.50. The van der Waals surface area contributed by atoms with Crippen LogP contribution in [0, 0.1) is 20.8 Å². The number of halogens is 1. The summed E-state index contributed by atoms with van der Waals surface area (Å²) in [4.78, 5) is 17.9. The second-order valence-corrected chi connectivity index (χ2v) is 10.2. The highest BCUT2D eigenvalue weighted by atomic mass is 35.5. The number of nitrogens with zero attached hydrogens (tertiary/aromatic N) is 2. The smallest absolute Gasteiger partial charge is 0.264 e. The summed E-state index contributed by atoms with van der Waals surface area (Å²) in [5.41, 5.74) is 6.90. The molecule has 37 heavy (non-hydrogen) atoms. The molecule has 1 fully saturated rings. The van der Waals surface area contributed by atoms with Crippen molar-refractivity contribution < 1.29 is 9.53 Å². The monoisotopic (exact) mass is 527 g/mol. The molecule has 1 aromatic heterocycles. The van der Waals surface area contributed by atoms with Crippen molar-refractivity contribution >= 4 is 46.2 Å². The predicted molar refractivity (Wildman–Crippen MR) is 153 cm³/mol. The summed E-state index contributed by atoms with van der Waals surface area (Å²) >= 11 is 7.54. The van der Waals surface area contributed by atoms with E-state index in [0.29, 0.717) is 21.7 Å². The molecule has 1 amide bonds. The van der Waals surface area contributed by atoms with Gasteiger partial charge in [0, 0.05) is 22.1 Å². The molecule has 1 aliphatic rings. The molecule has 4 aromatic rings. The van der Waals surface area contributed by atoms with Crippen LogP contribution in [0.15, 0.2) is 88.8 Å². The number of hydrogen-bond donors (Lipinski definition) is 1. The lowest BCUT2D eigenvalue weighted by Crippen LogP contribution is -2.19. The highest BCUT2D eigenvalue weighted by Gasteiger charge is 2.25. The average Bonchev–Trinajstić information content (AvgIpc) is 3.38. The fraction of sp³-hybridized carbons (Fsp3) is 0.133. The zero-order valence-corrected chi connectivity index (χ0v) is 22.4. The molecule has 2 heterocycles. The molecule has 0 aliphatic carbocycles. The lowest BCUT2D eigenvalue weighted by atomic mass is 10.2. The molecular weight excluding hydrogens is 502 g/mol. The molecule has 1 N–H and O–H groups in total. The van der Waals surface area contributed by atoms with Gasteiger partial charge in [-0.3, -0.25) is 4.79 Å². The quantitative estimate of drug-likeness (QED) is 0.264. The van der Waals surface area contributed by atoms with E-state index in [9.17, 15) is 4.79 Å². The largest absolute Gasteiger partial charge is 0.489 e. The van der Waals surface area contributed by atoms with Crippen LogP contribution in [0.1, 0.15) is 28.1 Å². The zero-order valence-electron chi connectivity index (χ0n) is 20.8. The number of benzene rings is 3. The number of carbonyl (C=O) groups excluding carboxylic acids is 1. The number of hydrogen-bond acceptors (Lipinski definition) is 4. The van der Waals surface area contributed by atoms with Crippen LogP contribution in [-0.2, 0) is 11.4 Å². The van der Waals surface area contributed by atoms with E-state index in [1.807, 2.05) is 85.8 Å². The third-order valence-corrected chi connectivity index (χ3v) is 7.53. The van der Waals surface area contributed by atoms with E-state index in [1.165, 1.54) is 11.8 Å². The molecule has 0 saturated carbocycles. The molecule has 7 heteroatoms. The topological polar surface area (TPSA) is 55.6 Å². The minimum absolute atomic E-state index is 0.159. The Labute approximate surface area is 225 Å². The van der Waals surface area contributed by atoms with Crippen LogP contribution in [0.2, 0.25) is 5.02 Å². The SMILES string of the molecule is Cc1c(Cl)cccc1N=C1NC(=O)/C(=C\c2cc(C)n(-c3ccc(OCc4ccccc4)cc3)c2C)S1. The number of aromatic nitrogens is 1. The molecule has 3 aromatic carbocycles. The normalized spacial score (nSPS) is 15.4. The molecular formula is C30H26ClN3O2S. The number of rotatable bonds is 6. The van der Waals surface area contributed by atoms with Crippen molar-refractivity contribution in [3.8, 4) is 11.4 Å². The Hall–Kier alpha value is -3.74. The summed E-state index contributed by atoms with van der Waals surface area (Å²) in [7, 11) is 0.